The van der Waals surface area contributed by atoms with E-state index in [1.165, 1.54) is 16.7 Å². The van der Waals surface area contributed by atoms with Crippen LogP contribution in [0, 0.1) is 6.92 Å². The van der Waals surface area contributed by atoms with Crippen molar-refractivity contribution in [2.75, 3.05) is 18.2 Å². The first-order valence-electron chi connectivity index (χ1n) is 5.94. The molecule has 0 aliphatic carbocycles. The summed E-state index contributed by atoms with van der Waals surface area (Å²) in [4.78, 5) is 29.3. The smallest absolute Gasteiger partial charge is 0.340 e. The first-order chi connectivity index (χ1) is 9.97. The molecular formula is C13H13N3O3S2. The Kier molecular flexibility index (Phi) is 4.59. The first-order valence-corrected chi connectivity index (χ1v) is 7.93. The molecule has 0 atom stereocenters. The summed E-state index contributed by atoms with van der Waals surface area (Å²) in [7, 11) is 1.54. The summed E-state index contributed by atoms with van der Waals surface area (Å²) < 4.78 is 4.02. The van der Waals surface area contributed by atoms with Crippen LogP contribution in [0.3, 0.4) is 0 Å². The Bertz CT molecular complexity index is 700. The molecule has 0 radical (unpaired) electrons. The van der Waals surface area contributed by atoms with Crippen molar-refractivity contribution in [2.45, 2.75) is 11.9 Å². The molecule has 1 amide bonds. The fourth-order valence-electron chi connectivity index (χ4n) is 1.82. The fourth-order valence-corrected chi connectivity index (χ4v) is 3.21. The quantitative estimate of drug-likeness (QED) is 0.871. The van der Waals surface area contributed by atoms with Crippen LogP contribution < -0.4 is 4.90 Å². The van der Waals surface area contributed by atoms with Gasteiger partial charge in [0, 0.05) is 13.2 Å². The van der Waals surface area contributed by atoms with Gasteiger partial charge in [-0.1, -0.05) is 0 Å². The van der Waals surface area contributed by atoms with Gasteiger partial charge >= 0.3 is 5.97 Å². The van der Waals surface area contributed by atoms with E-state index in [1.807, 2.05) is 6.26 Å². The topological polar surface area (TPSA) is 83.4 Å². The number of carboxylic acids is 1. The van der Waals surface area contributed by atoms with Crippen molar-refractivity contribution in [1.82, 2.24) is 9.36 Å². The molecule has 0 saturated heterocycles. The van der Waals surface area contributed by atoms with E-state index in [9.17, 15) is 14.7 Å². The maximum Gasteiger partial charge on any atom is 0.340 e. The zero-order chi connectivity index (χ0) is 15.6. The third-order valence-corrected chi connectivity index (χ3v) is 4.59. The number of nitrogens with zero attached hydrogens (tertiary/aromatic N) is 3. The lowest BCUT2D eigenvalue weighted by molar-refractivity contribution is 0.0697. The average molecular weight is 323 g/mol. The normalized spacial score (nSPS) is 10.4. The molecular weight excluding hydrogens is 310 g/mol. The Labute approximate surface area is 130 Å². The first kappa shape index (κ1) is 15.5. The Morgan fingerprint density at radius 1 is 1.43 bits per heavy atom. The van der Waals surface area contributed by atoms with Crippen molar-refractivity contribution >= 4 is 40.2 Å². The van der Waals surface area contributed by atoms with Gasteiger partial charge in [0.1, 0.15) is 15.6 Å². The SMILES string of the molecule is CSc1ncccc1C(=O)N(C)c1snc(C)c1C(=O)O. The van der Waals surface area contributed by atoms with Crippen LogP contribution in [-0.4, -0.2) is 39.6 Å². The Hall–Kier alpha value is -1.93. The summed E-state index contributed by atoms with van der Waals surface area (Å²) in [5.74, 6) is -1.40. The zero-order valence-corrected chi connectivity index (χ0v) is 13.3. The van der Waals surface area contributed by atoms with E-state index >= 15 is 0 Å². The van der Waals surface area contributed by atoms with Gasteiger partial charge in [-0.15, -0.1) is 11.8 Å². The van der Waals surface area contributed by atoms with E-state index in [0.29, 0.717) is 21.3 Å². The number of carbonyl (C=O) groups is 2. The Morgan fingerprint density at radius 3 is 2.76 bits per heavy atom. The molecule has 2 aromatic rings. The number of aromatic nitrogens is 2. The summed E-state index contributed by atoms with van der Waals surface area (Å²) in [6, 6.07) is 3.35. The number of aromatic carboxylic acids is 1. The maximum absolute atomic E-state index is 12.6. The van der Waals surface area contributed by atoms with Crippen molar-refractivity contribution in [3.8, 4) is 0 Å². The highest BCUT2D eigenvalue weighted by Crippen LogP contribution is 2.30. The predicted octanol–water partition coefficient (Wildman–Crippen LogP) is 2.54. The lowest BCUT2D eigenvalue weighted by Crippen LogP contribution is -2.27. The van der Waals surface area contributed by atoms with Crippen LogP contribution in [0.1, 0.15) is 26.4 Å². The van der Waals surface area contributed by atoms with Gasteiger partial charge in [-0.3, -0.25) is 4.79 Å². The number of carbonyl (C=O) groups excluding carboxylic acids is 1. The summed E-state index contributed by atoms with van der Waals surface area (Å²) in [5, 5.41) is 10.2. The van der Waals surface area contributed by atoms with Crippen LogP contribution in [0.4, 0.5) is 5.00 Å². The van der Waals surface area contributed by atoms with Gasteiger partial charge < -0.3 is 10.0 Å². The van der Waals surface area contributed by atoms with E-state index < -0.39 is 5.97 Å². The third-order valence-electron chi connectivity index (χ3n) is 2.86. The monoisotopic (exact) mass is 323 g/mol. The zero-order valence-electron chi connectivity index (χ0n) is 11.7. The largest absolute Gasteiger partial charge is 0.478 e. The Balaban J connectivity index is 2.43. The second-order valence-corrected chi connectivity index (χ2v) is 5.72. The number of pyridine rings is 1. The fraction of sp³-hybridized carbons (Fsp3) is 0.231. The number of carboxylic acid groups (broad SMARTS) is 1. The van der Waals surface area contributed by atoms with Crippen LogP contribution in [0.2, 0.25) is 0 Å². The van der Waals surface area contributed by atoms with Gasteiger partial charge in [-0.25, -0.2) is 9.78 Å². The number of hydrogen-bond donors (Lipinski definition) is 1. The summed E-state index contributed by atoms with van der Waals surface area (Å²) in [5.41, 5.74) is 0.902. The predicted molar refractivity (Wildman–Crippen MR) is 82.6 cm³/mol. The molecule has 8 heteroatoms. The van der Waals surface area contributed by atoms with E-state index in [0.717, 1.165) is 11.5 Å². The van der Waals surface area contributed by atoms with Crippen molar-refractivity contribution in [3.05, 3.63) is 35.2 Å². The molecule has 2 heterocycles. The van der Waals surface area contributed by atoms with Crippen LogP contribution in [-0.2, 0) is 0 Å². The molecule has 0 spiro atoms. The van der Waals surface area contributed by atoms with Crippen LogP contribution >= 0.6 is 23.3 Å². The molecule has 2 rings (SSSR count). The molecule has 0 aliphatic heterocycles. The minimum atomic E-state index is -1.09. The molecule has 2 aromatic heterocycles. The van der Waals surface area contributed by atoms with Crippen molar-refractivity contribution in [2.24, 2.45) is 0 Å². The number of thioether (sulfide) groups is 1. The molecule has 0 unspecified atom stereocenters. The van der Waals surface area contributed by atoms with Gasteiger partial charge in [0.05, 0.1) is 11.3 Å². The van der Waals surface area contributed by atoms with Crippen LogP contribution in [0.15, 0.2) is 23.4 Å². The molecule has 0 aliphatic rings. The highest BCUT2D eigenvalue weighted by Gasteiger charge is 2.25. The average Bonchev–Trinajstić information content (AvgIpc) is 2.87. The van der Waals surface area contributed by atoms with Gasteiger partial charge in [0.25, 0.3) is 5.91 Å². The van der Waals surface area contributed by atoms with Gasteiger partial charge in [-0.2, -0.15) is 4.37 Å². The van der Waals surface area contributed by atoms with Crippen molar-refractivity contribution in [3.63, 3.8) is 0 Å². The molecule has 1 N–H and O–H groups in total. The minimum Gasteiger partial charge on any atom is -0.478 e. The van der Waals surface area contributed by atoms with E-state index in [1.54, 1.807) is 32.3 Å². The highest BCUT2D eigenvalue weighted by molar-refractivity contribution is 7.98. The van der Waals surface area contributed by atoms with E-state index in [4.69, 9.17) is 0 Å². The number of rotatable bonds is 4. The van der Waals surface area contributed by atoms with E-state index in [2.05, 4.69) is 9.36 Å². The number of aryl methyl sites for hydroxylation is 1. The van der Waals surface area contributed by atoms with E-state index in [-0.39, 0.29) is 11.5 Å². The molecule has 0 bridgehead atoms. The Morgan fingerprint density at radius 2 is 2.14 bits per heavy atom. The lowest BCUT2D eigenvalue weighted by atomic mass is 10.2. The highest BCUT2D eigenvalue weighted by atomic mass is 32.2. The van der Waals surface area contributed by atoms with Gasteiger partial charge in [-0.05, 0) is 36.8 Å². The summed E-state index contributed by atoms with van der Waals surface area (Å²) in [6.07, 6.45) is 3.45. The summed E-state index contributed by atoms with van der Waals surface area (Å²) in [6.45, 7) is 1.61. The maximum atomic E-state index is 12.6. The van der Waals surface area contributed by atoms with Gasteiger partial charge in [0.15, 0.2) is 0 Å². The standard InChI is InChI=1S/C13H13N3O3S2/c1-7-9(13(18)19)12(21-15-7)16(2)11(17)8-5-4-6-14-10(8)20-3/h4-6H,1-3H3,(H,18,19). The third kappa shape index (κ3) is 2.91. The number of hydrogen-bond acceptors (Lipinski definition) is 6. The molecule has 0 aromatic carbocycles. The minimum absolute atomic E-state index is 0.0606. The molecule has 0 saturated carbocycles. The van der Waals surface area contributed by atoms with Crippen LogP contribution in [0.5, 0.6) is 0 Å². The molecule has 6 nitrogen and oxygen atoms in total. The molecule has 21 heavy (non-hydrogen) atoms. The lowest BCUT2D eigenvalue weighted by Gasteiger charge is -2.17. The van der Waals surface area contributed by atoms with Crippen LogP contribution in [0.25, 0.3) is 0 Å². The second kappa shape index (κ2) is 6.23. The number of amides is 1. The molecule has 0 fully saturated rings. The van der Waals surface area contributed by atoms with Crippen molar-refractivity contribution < 1.29 is 14.7 Å². The summed E-state index contributed by atoms with van der Waals surface area (Å²) >= 11 is 2.36. The van der Waals surface area contributed by atoms with Crippen molar-refractivity contribution in [1.29, 1.82) is 0 Å². The molecule has 110 valence electrons. The second-order valence-electron chi connectivity index (χ2n) is 4.18. The van der Waals surface area contributed by atoms with Gasteiger partial charge in [0.2, 0.25) is 0 Å². The number of anilines is 1.